The normalized spacial score (nSPS) is 32.5. The molecule has 5 N–H and O–H groups in total. The van der Waals surface area contributed by atoms with Gasteiger partial charge in [0.1, 0.15) is 24.4 Å². The number of halogens is 1. The number of carbonyl (C=O) groups is 1. The number of aliphatic hydroxyl groups excluding tert-OH is 4. The fraction of sp³-hybridized carbons (Fsp3) is 0.750. The van der Waals surface area contributed by atoms with E-state index in [1.54, 1.807) is 0 Å². The average Bonchev–Trinajstić information content (AvgIpc) is 2.49. The first-order chi connectivity index (χ1) is 9.97. The molecule has 1 fully saturated rings. The number of amides is 2. The largest absolute Gasteiger partial charge is 0.394 e. The highest BCUT2D eigenvalue weighted by Gasteiger charge is 2.46. The van der Waals surface area contributed by atoms with Crippen molar-refractivity contribution in [3.8, 4) is 0 Å². The maximum atomic E-state index is 12.0. The van der Waals surface area contributed by atoms with E-state index in [0.717, 1.165) is 4.90 Å². The molecule has 1 aliphatic rings. The van der Waals surface area contributed by atoms with Gasteiger partial charge in [-0.3, -0.25) is 4.90 Å². The minimum atomic E-state index is -1.55. The zero-order chi connectivity index (χ0) is 16.0. The fourth-order valence-corrected chi connectivity index (χ4v) is 2.13. The molecule has 0 aromatic heterocycles. The van der Waals surface area contributed by atoms with Gasteiger partial charge >= 0.3 is 6.03 Å². The summed E-state index contributed by atoms with van der Waals surface area (Å²) in [5.74, 6) is 0.211. The quantitative estimate of drug-likeness (QED) is 0.291. The fourth-order valence-electron chi connectivity index (χ4n) is 2.04. The number of hydrogen-bond donors (Lipinski definition) is 5. The van der Waals surface area contributed by atoms with Crippen LogP contribution in [0.3, 0.4) is 0 Å². The molecule has 0 aromatic carbocycles. The van der Waals surface area contributed by atoms with Gasteiger partial charge < -0.3 is 30.5 Å². The van der Waals surface area contributed by atoms with E-state index in [9.17, 15) is 20.1 Å². The minimum absolute atomic E-state index is 0.0385. The van der Waals surface area contributed by atoms with Gasteiger partial charge in [-0.1, -0.05) is 6.08 Å². The van der Waals surface area contributed by atoms with E-state index in [1.165, 1.54) is 6.08 Å². The number of ether oxygens (including phenoxy) is 1. The Labute approximate surface area is 127 Å². The van der Waals surface area contributed by atoms with Crippen molar-refractivity contribution in [3.63, 3.8) is 0 Å². The second-order valence-electron chi connectivity index (χ2n) is 4.58. The molecule has 0 unspecified atom stereocenters. The molecule has 2 amide bonds. The summed E-state index contributed by atoms with van der Waals surface area (Å²) in [7, 11) is 0. The third-order valence-corrected chi connectivity index (χ3v) is 3.32. The molecule has 0 aromatic rings. The van der Waals surface area contributed by atoms with E-state index < -0.39 is 43.3 Å². The number of aliphatic hydroxyl groups is 4. The van der Waals surface area contributed by atoms with Crippen molar-refractivity contribution in [2.75, 3.05) is 25.6 Å². The Kier molecular flexibility index (Phi) is 7.36. The van der Waals surface area contributed by atoms with E-state index in [-0.39, 0.29) is 19.0 Å². The third kappa shape index (κ3) is 4.29. The van der Waals surface area contributed by atoms with Gasteiger partial charge in [-0.25, -0.2) is 4.79 Å². The molecule has 0 spiro atoms. The molecule has 1 saturated heterocycles. The van der Waals surface area contributed by atoms with E-state index in [0.29, 0.717) is 0 Å². The van der Waals surface area contributed by atoms with Crippen molar-refractivity contribution < 1.29 is 30.0 Å². The van der Waals surface area contributed by atoms with Crippen molar-refractivity contribution in [1.82, 2.24) is 10.2 Å². The summed E-state index contributed by atoms with van der Waals surface area (Å²) >= 11 is 5.49. The first kappa shape index (κ1) is 18.1. The van der Waals surface area contributed by atoms with Crippen LogP contribution in [0.4, 0.5) is 4.79 Å². The van der Waals surface area contributed by atoms with Crippen LogP contribution in [0.5, 0.6) is 0 Å². The first-order valence-electron chi connectivity index (χ1n) is 6.49. The van der Waals surface area contributed by atoms with Crippen molar-refractivity contribution in [2.45, 2.75) is 30.6 Å². The molecule has 5 atom stereocenters. The van der Waals surface area contributed by atoms with E-state index in [4.69, 9.17) is 21.4 Å². The number of nitrogens with zero attached hydrogens (tertiary/aromatic N) is 1. The molecule has 0 aliphatic carbocycles. The Morgan fingerprint density at radius 3 is 2.52 bits per heavy atom. The summed E-state index contributed by atoms with van der Waals surface area (Å²) in [6.45, 7) is 3.20. The number of hydrogen-bond acceptors (Lipinski definition) is 6. The molecule has 1 heterocycles. The Balaban J connectivity index is 2.89. The van der Waals surface area contributed by atoms with Crippen LogP contribution >= 0.6 is 11.6 Å². The lowest BCUT2D eigenvalue weighted by Gasteiger charge is -2.44. The van der Waals surface area contributed by atoms with Crippen LogP contribution in [0.25, 0.3) is 0 Å². The topological polar surface area (TPSA) is 122 Å². The molecular weight excluding hydrogens is 304 g/mol. The molecule has 21 heavy (non-hydrogen) atoms. The van der Waals surface area contributed by atoms with Crippen LogP contribution in [0, 0.1) is 0 Å². The smallest absolute Gasteiger partial charge is 0.319 e. The van der Waals surface area contributed by atoms with Crippen LogP contribution in [0.1, 0.15) is 0 Å². The molecule has 1 rings (SSSR count). The maximum Gasteiger partial charge on any atom is 0.319 e. The SMILES string of the molecule is C=CCN(C(=O)NCCCl)[C@@H]1O[C@H](CO)[C@H](O)[C@H](O)[C@H]1O. The van der Waals surface area contributed by atoms with Gasteiger partial charge in [0.15, 0.2) is 6.23 Å². The molecule has 8 nitrogen and oxygen atoms in total. The third-order valence-electron chi connectivity index (χ3n) is 3.13. The number of urea groups is 1. The van der Waals surface area contributed by atoms with Crippen LogP contribution in [-0.4, -0.2) is 87.6 Å². The second kappa shape index (κ2) is 8.52. The lowest BCUT2D eigenvalue weighted by molar-refractivity contribution is -0.256. The number of alkyl halides is 1. The monoisotopic (exact) mass is 324 g/mol. The van der Waals surface area contributed by atoms with Crippen LogP contribution in [0.15, 0.2) is 12.7 Å². The zero-order valence-corrected chi connectivity index (χ0v) is 12.2. The number of carbonyl (C=O) groups excluding carboxylic acids is 1. The molecule has 9 heteroatoms. The molecule has 0 radical (unpaired) electrons. The highest BCUT2D eigenvalue weighted by Crippen LogP contribution is 2.23. The molecular formula is C12H21ClN2O6. The first-order valence-corrected chi connectivity index (χ1v) is 7.03. The lowest BCUT2D eigenvalue weighted by atomic mass is 9.98. The molecule has 122 valence electrons. The van der Waals surface area contributed by atoms with Gasteiger partial charge in [-0.05, 0) is 0 Å². The predicted molar refractivity (Wildman–Crippen MR) is 74.8 cm³/mol. The van der Waals surface area contributed by atoms with Gasteiger partial charge in [0.2, 0.25) is 0 Å². The number of nitrogens with one attached hydrogen (secondary N) is 1. The molecule has 0 saturated carbocycles. The van der Waals surface area contributed by atoms with Gasteiger partial charge in [-0.2, -0.15) is 0 Å². The standard InChI is InChI=1S/C12H21ClN2O6/c1-2-5-15(12(20)14-4-3-13)11-10(19)9(18)8(17)7(6-16)21-11/h2,7-11,16-19H,1,3-6H2,(H,14,20)/t7-,8+,9+,10-,11-/m1/s1. The van der Waals surface area contributed by atoms with Crippen LogP contribution in [0.2, 0.25) is 0 Å². The highest BCUT2D eigenvalue weighted by molar-refractivity contribution is 6.18. The summed E-state index contributed by atoms with van der Waals surface area (Å²) < 4.78 is 5.32. The van der Waals surface area contributed by atoms with Crippen molar-refractivity contribution in [3.05, 3.63) is 12.7 Å². The zero-order valence-electron chi connectivity index (χ0n) is 11.4. The minimum Gasteiger partial charge on any atom is -0.394 e. The van der Waals surface area contributed by atoms with Crippen molar-refractivity contribution in [1.29, 1.82) is 0 Å². The Bertz CT molecular complexity index is 357. The maximum absolute atomic E-state index is 12.0. The second-order valence-corrected chi connectivity index (χ2v) is 4.96. The summed E-state index contributed by atoms with van der Waals surface area (Å²) in [4.78, 5) is 13.1. The van der Waals surface area contributed by atoms with Crippen molar-refractivity contribution in [2.24, 2.45) is 0 Å². The van der Waals surface area contributed by atoms with Gasteiger partial charge in [0, 0.05) is 19.0 Å². The Morgan fingerprint density at radius 1 is 1.33 bits per heavy atom. The van der Waals surface area contributed by atoms with E-state index in [2.05, 4.69) is 11.9 Å². The van der Waals surface area contributed by atoms with Crippen molar-refractivity contribution >= 4 is 17.6 Å². The van der Waals surface area contributed by atoms with Gasteiger partial charge in [0.25, 0.3) is 0 Å². The Hall–Kier alpha value is -0.900. The van der Waals surface area contributed by atoms with E-state index >= 15 is 0 Å². The summed E-state index contributed by atoms with van der Waals surface area (Å²) in [6.07, 6.45) is -5.44. The van der Waals surface area contributed by atoms with Crippen LogP contribution < -0.4 is 5.32 Å². The van der Waals surface area contributed by atoms with E-state index in [1.807, 2.05) is 0 Å². The average molecular weight is 325 g/mol. The lowest BCUT2D eigenvalue weighted by Crippen LogP contribution is -2.65. The predicted octanol–water partition coefficient (Wildman–Crippen LogP) is -1.78. The van der Waals surface area contributed by atoms with Gasteiger partial charge in [-0.15, -0.1) is 18.2 Å². The molecule has 1 aliphatic heterocycles. The van der Waals surface area contributed by atoms with Gasteiger partial charge in [0.05, 0.1) is 6.61 Å². The summed E-state index contributed by atoms with van der Waals surface area (Å²) in [5.41, 5.74) is 0. The van der Waals surface area contributed by atoms with Crippen LogP contribution in [-0.2, 0) is 4.74 Å². The Morgan fingerprint density at radius 2 is 2.00 bits per heavy atom. The summed E-state index contributed by atoms with van der Waals surface area (Å²) in [6, 6.07) is -0.570. The highest BCUT2D eigenvalue weighted by atomic mass is 35.5. The number of rotatable bonds is 6. The molecule has 0 bridgehead atoms. The summed E-state index contributed by atoms with van der Waals surface area (Å²) in [5, 5.41) is 41.1.